The maximum absolute atomic E-state index is 11.4. The summed E-state index contributed by atoms with van der Waals surface area (Å²) in [6.07, 6.45) is 3.18. The number of rotatable bonds is 9. The number of carbonyl (C=O) groups excluding carboxylic acids is 1. The lowest BCUT2D eigenvalue weighted by molar-refractivity contribution is -0.132. The van der Waals surface area contributed by atoms with Crippen molar-refractivity contribution < 1.29 is 14.6 Å². The second-order valence-corrected chi connectivity index (χ2v) is 6.18. The molecule has 0 saturated carbocycles. The van der Waals surface area contributed by atoms with E-state index >= 15 is 0 Å². The van der Waals surface area contributed by atoms with Crippen LogP contribution in [0.15, 0.2) is 0 Å². The van der Waals surface area contributed by atoms with Crippen molar-refractivity contribution in [3.63, 3.8) is 0 Å². The van der Waals surface area contributed by atoms with Crippen LogP contribution in [0, 0.1) is 5.92 Å². The van der Waals surface area contributed by atoms with Crippen molar-refractivity contribution >= 4 is 5.91 Å². The first-order valence-electron chi connectivity index (χ1n) is 7.72. The van der Waals surface area contributed by atoms with E-state index in [9.17, 15) is 9.90 Å². The zero-order valence-electron chi connectivity index (χ0n) is 13.1. The number of amides is 1. The lowest BCUT2D eigenvalue weighted by Gasteiger charge is -2.30. The number of hydrogen-bond donors (Lipinski definition) is 2. The van der Waals surface area contributed by atoms with Crippen LogP contribution >= 0.6 is 0 Å². The Morgan fingerprint density at radius 3 is 2.90 bits per heavy atom. The third-order valence-electron chi connectivity index (χ3n) is 3.65. The van der Waals surface area contributed by atoms with Crippen LogP contribution in [0.2, 0.25) is 0 Å². The Kier molecular flexibility index (Phi) is 8.11. The summed E-state index contributed by atoms with van der Waals surface area (Å²) in [5.74, 6) is 0.910. The Morgan fingerprint density at radius 1 is 1.50 bits per heavy atom. The molecule has 1 saturated heterocycles. The van der Waals surface area contributed by atoms with Crippen LogP contribution in [0.5, 0.6) is 0 Å². The van der Waals surface area contributed by atoms with E-state index in [0.717, 1.165) is 32.4 Å². The Labute approximate surface area is 122 Å². The standard InChI is InChI=1S/C15H30N2O3/c1-12(2)5-4-8-20-11-14(18)9-16-13-6-7-15(19)17(3)10-13/h12-14,16,18H,4-11H2,1-3H3. The molecule has 5 heteroatoms. The number of hydrogen-bond acceptors (Lipinski definition) is 4. The van der Waals surface area contributed by atoms with Crippen LogP contribution in [-0.4, -0.2) is 61.4 Å². The van der Waals surface area contributed by atoms with Crippen molar-refractivity contribution in [1.82, 2.24) is 10.2 Å². The van der Waals surface area contributed by atoms with Crippen LogP contribution in [0.25, 0.3) is 0 Å². The number of likely N-dealkylation sites (tertiary alicyclic amines) is 1. The SMILES string of the molecule is CC(C)CCCOCC(O)CNC1CCC(=O)N(C)C1. The zero-order valence-corrected chi connectivity index (χ0v) is 13.1. The van der Waals surface area contributed by atoms with E-state index in [1.165, 1.54) is 0 Å². The lowest BCUT2D eigenvalue weighted by atomic mass is 10.1. The maximum Gasteiger partial charge on any atom is 0.222 e. The van der Waals surface area contributed by atoms with Crippen molar-refractivity contribution in [3.05, 3.63) is 0 Å². The smallest absolute Gasteiger partial charge is 0.222 e. The first kappa shape index (κ1) is 17.4. The average Bonchev–Trinajstić information content (AvgIpc) is 2.39. The van der Waals surface area contributed by atoms with E-state index in [2.05, 4.69) is 19.2 Å². The Balaban J connectivity index is 2.02. The zero-order chi connectivity index (χ0) is 15.0. The number of nitrogens with one attached hydrogen (secondary N) is 1. The van der Waals surface area contributed by atoms with Crippen LogP contribution in [-0.2, 0) is 9.53 Å². The maximum atomic E-state index is 11.4. The molecule has 0 spiro atoms. The first-order valence-corrected chi connectivity index (χ1v) is 7.72. The molecule has 0 radical (unpaired) electrons. The van der Waals surface area contributed by atoms with Gasteiger partial charge >= 0.3 is 0 Å². The molecule has 1 amide bonds. The molecule has 1 aliphatic heterocycles. The predicted octanol–water partition coefficient (Wildman–Crippen LogP) is 1.01. The highest BCUT2D eigenvalue weighted by Crippen LogP contribution is 2.09. The fraction of sp³-hybridized carbons (Fsp3) is 0.933. The topological polar surface area (TPSA) is 61.8 Å². The van der Waals surface area contributed by atoms with Gasteiger partial charge in [-0.3, -0.25) is 4.79 Å². The largest absolute Gasteiger partial charge is 0.389 e. The number of likely N-dealkylation sites (N-methyl/N-ethyl adjacent to an activating group) is 1. The van der Waals surface area contributed by atoms with E-state index in [1.807, 2.05) is 7.05 Å². The quantitative estimate of drug-likeness (QED) is 0.621. The van der Waals surface area contributed by atoms with Crippen molar-refractivity contribution in [2.45, 2.75) is 51.7 Å². The minimum Gasteiger partial charge on any atom is -0.389 e. The number of aliphatic hydroxyl groups is 1. The van der Waals surface area contributed by atoms with Crippen LogP contribution in [0.1, 0.15) is 39.5 Å². The van der Waals surface area contributed by atoms with Crippen LogP contribution in [0.4, 0.5) is 0 Å². The molecule has 1 heterocycles. The minimum atomic E-state index is -0.475. The normalized spacial score (nSPS) is 21.6. The summed E-state index contributed by atoms with van der Waals surface area (Å²) in [5, 5.41) is 13.1. The molecular formula is C15H30N2O3. The molecule has 2 atom stereocenters. The van der Waals surface area contributed by atoms with Crippen molar-refractivity contribution in [2.75, 3.05) is 33.4 Å². The van der Waals surface area contributed by atoms with E-state index in [0.29, 0.717) is 25.5 Å². The van der Waals surface area contributed by atoms with E-state index in [-0.39, 0.29) is 11.9 Å². The van der Waals surface area contributed by atoms with Gasteiger partial charge in [-0.05, 0) is 25.2 Å². The van der Waals surface area contributed by atoms with Gasteiger partial charge in [-0.2, -0.15) is 0 Å². The summed E-state index contributed by atoms with van der Waals surface area (Å²) >= 11 is 0. The van der Waals surface area contributed by atoms with Gasteiger partial charge in [-0.1, -0.05) is 13.8 Å². The van der Waals surface area contributed by atoms with Gasteiger partial charge in [0.15, 0.2) is 0 Å². The van der Waals surface area contributed by atoms with Gasteiger partial charge in [0.2, 0.25) is 5.91 Å². The van der Waals surface area contributed by atoms with Gasteiger partial charge < -0.3 is 20.1 Å². The molecule has 5 nitrogen and oxygen atoms in total. The molecule has 0 aromatic rings. The highest BCUT2D eigenvalue weighted by atomic mass is 16.5. The Hall–Kier alpha value is -0.650. The molecule has 0 aromatic carbocycles. The van der Waals surface area contributed by atoms with E-state index in [1.54, 1.807) is 4.90 Å². The predicted molar refractivity (Wildman–Crippen MR) is 79.6 cm³/mol. The molecule has 0 aromatic heterocycles. The van der Waals surface area contributed by atoms with Gasteiger partial charge in [-0.15, -0.1) is 0 Å². The van der Waals surface area contributed by atoms with Crippen molar-refractivity contribution in [3.8, 4) is 0 Å². The molecule has 20 heavy (non-hydrogen) atoms. The molecular weight excluding hydrogens is 256 g/mol. The van der Waals surface area contributed by atoms with Crippen LogP contribution in [0.3, 0.4) is 0 Å². The number of nitrogens with zero attached hydrogens (tertiary/aromatic N) is 1. The molecule has 1 rings (SSSR count). The molecule has 118 valence electrons. The molecule has 1 aliphatic rings. The average molecular weight is 286 g/mol. The van der Waals surface area contributed by atoms with Gasteiger partial charge in [0.1, 0.15) is 0 Å². The van der Waals surface area contributed by atoms with Gasteiger partial charge in [0.25, 0.3) is 0 Å². The van der Waals surface area contributed by atoms with Gasteiger partial charge in [0, 0.05) is 39.2 Å². The lowest BCUT2D eigenvalue weighted by Crippen LogP contribution is -2.48. The third-order valence-corrected chi connectivity index (χ3v) is 3.65. The fourth-order valence-electron chi connectivity index (χ4n) is 2.35. The fourth-order valence-corrected chi connectivity index (χ4v) is 2.35. The molecule has 2 unspecified atom stereocenters. The van der Waals surface area contributed by atoms with Crippen molar-refractivity contribution in [2.24, 2.45) is 5.92 Å². The second kappa shape index (κ2) is 9.32. The van der Waals surface area contributed by atoms with Crippen LogP contribution < -0.4 is 5.32 Å². The molecule has 2 N–H and O–H groups in total. The monoisotopic (exact) mass is 286 g/mol. The number of carbonyl (C=O) groups is 1. The van der Waals surface area contributed by atoms with E-state index in [4.69, 9.17) is 4.74 Å². The highest BCUT2D eigenvalue weighted by molar-refractivity contribution is 5.76. The summed E-state index contributed by atoms with van der Waals surface area (Å²) in [6, 6.07) is 0.285. The number of aliphatic hydroxyl groups excluding tert-OH is 1. The Bertz CT molecular complexity index is 284. The number of piperidine rings is 1. The number of ether oxygens (including phenoxy) is 1. The third kappa shape index (κ3) is 7.22. The van der Waals surface area contributed by atoms with E-state index < -0.39 is 6.10 Å². The van der Waals surface area contributed by atoms with Gasteiger partial charge in [0.05, 0.1) is 12.7 Å². The summed E-state index contributed by atoms with van der Waals surface area (Å²) < 4.78 is 5.47. The second-order valence-electron chi connectivity index (χ2n) is 6.18. The molecule has 0 aliphatic carbocycles. The summed E-state index contributed by atoms with van der Waals surface area (Å²) in [4.78, 5) is 13.1. The first-order chi connectivity index (χ1) is 9.49. The summed E-state index contributed by atoms with van der Waals surface area (Å²) in [7, 11) is 1.82. The minimum absolute atomic E-state index is 0.206. The van der Waals surface area contributed by atoms with Crippen molar-refractivity contribution in [1.29, 1.82) is 0 Å². The highest BCUT2D eigenvalue weighted by Gasteiger charge is 2.22. The molecule has 0 bridgehead atoms. The van der Waals surface area contributed by atoms with Gasteiger partial charge in [-0.25, -0.2) is 0 Å². The summed E-state index contributed by atoms with van der Waals surface area (Å²) in [5.41, 5.74) is 0. The summed E-state index contributed by atoms with van der Waals surface area (Å²) in [6.45, 7) is 6.75. The Morgan fingerprint density at radius 2 is 2.25 bits per heavy atom. The molecule has 1 fully saturated rings.